The number of carbonyl (C=O) groups is 1. The van der Waals surface area contributed by atoms with Crippen molar-refractivity contribution in [3.05, 3.63) is 52.6 Å². The van der Waals surface area contributed by atoms with Crippen LogP contribution in [0.4, 0.5) is 5.69 Å². The zero-order chi connectivity index (χ0) is 17.0. The third kappa shape index (κ3) is 3.69. The average molecular weight is 313 g/mol. The average Bonchev–Trinajstić information content (AvgIpc) is 2.54. The second-order valence-corrected chi connectivity index (χ2v) is 5.13. The maximum atomic E-state index is 11.1. The fourth-order valence-corrected chi connectivity index (χ4v) is 2.16. The maximum Gasteiger partial charge on any atom is 0.335 e. The van der Waals surface area contributed by atoms with Crippen molar-refractivity contribution in [3.8, 4) is 11.5 Å². The van der Waals surface area contributed by atoms with E-state index in [9.17, 15) is 4.79 Å². The van der Waals surface area contributed by atoms with Crippen LogP contribution < -0.4 is 9.47 Å². The molecule has 2 aromatic carbocycles. The Hall–Kier alpha value is -2.82. The highest BCUT2D eigenvalue weighted by molar-refractivity contribution is 5.90. The van der Waals surface area contributed by atoms with E-state index in [1.54, 1.807) is 38.6 Å². The lowest BCUT2D eigenvalue weighted by Crippen LogP contribution is -1.96. The highest BCUT2D eigenvalue weighted by atomic mass is 16.5. The number of carboxylic acids is 1. The Morgan fingerprint density at radius 1 is 1.04 bits per heavy atom. The molecule has 120 valence electrons. The van der Waals surface area contributed by atoms with E-state index in [1.165, 1.54) is 0 Å². The van der Waals surface area contributed by atoms with E-state index in [1.807, 2.05) is 26.0 Å². The minimum absolute atomic E-state index is 0.215. The predicted molar refractivity (Wildman–Crippen MR) is 89.7 cm³/mol. The van der Waals surface area contributed by atoms with Gasteiger partial charge in [0.25, 0.3) is 0 Å². The van der Waals surface area contributed by atoms with Crippen LogP contribution in [0.15, 0.2) is 35.3 Å². The SMILES string of the molecule is COc1cc(C)c(C=Nc2cc(C(=O)O)ccc2C)cc1OC. The van der Waals surface area contributed by atoms with Crippen LogP contribution in [0, 0.1) is 13.8 Å². The van der Waals surface area contributed by atoms with Crippen LogP contribution in [0.25, 0.3) is 0 Å². The molecule has 0 fully saturated rings. The number of aliphatic imine (C=N–C) groups is 1. The molecule has 0 saturated carbocycles. The van der Waals surface area contributed by atoms with Gasteiger partial charge in [0.2, 0.25) is 0 Å². The first kappa shape index (κ1) is 16.5. The van der Waals surface area contributed by atoms with Gasteiger partial charge in [-0.1, -0.05) is 6.07 Å². The first-order valence-corrected chi connectivity index (χ1v) is 7.07. The molecule has 0 spiro atoms. The van der Waals surface area contributed by atoms with Crippen LogP contribution in [0.3, 0.4) is 0 Å². The van der Waals surface area contributed by atoms with Crippen LogP contribution in [-0.2, 0) is 0 Å². The van der Waals surface area contributed by atoms with Gasteiger partial charge in [-0.3, -0.25) is 4.99 Å². The summed E-state index contributed by atoms with van der Waals surface area (Å²) in [5, 5.41) is 9.07. The molecule has 5 nitrogen and oxygen atoms in total. The zero-order valence-corrected chi connectivity index (χ0v) is 13.6. The van der Waals surface area contributed by atoms with E-state index in [0.717, 1.165) is 16.7 Å². The van der Waals surface area contributed by atoms with E-state index < -0.39 is 5.97 Å². The molecule has 0 atom stereocenters. The lowest BCUT2D eigenvalue weighted by molar-refractivity contribution is 0.0697. The Morgan fingerprint density at radius 2 is 1.70 bits per heavy atom. The number of benzene rings is 2. The number of hydrogen-bond acceptors (Lipinski definition) is 4. The number of methoxy groups -OCH3 is 2. The van der Waals surface area contributed by atoms with Gasteiger partial charge in [-0.05, 0) is 54.8 Å². The second-order valence-electron chi connectivity index (χ2n) is 5.13. The van der Waals surface area contributed by atoms with Gasteiger partial charge in [0.1, 0.15) is 0 Å². The largest absolute Gasteiger partial charge is 0.493 e. The van der Waals surface area contributed by atoms with Crippen LogP contribution in [-0.4, -0.2) is 31.5 Å². The van der Waals surface area contributed by atoms with Gasteiger partial charge < -0.3 is 14.6 Å². The van der Waals surface area contributed by atoms with Crippen molar-refractivity contribution in [3.63, 3.8) is 0 Å². The van der Waals surface area contributed by atoms with E-state index in [2.05, 4.69) is 4.99 Å². The van der Waals surface area contributed by atoms with Gasteiger partial charge in [-0.25, -0.2) is 4.79 Å². The van der Waals surface area contributed by atoms with Crippen molar-refractivity contribution in [2.24, 2.45) is 4.99 Å². The smallest absolute Gasteiger partial charge is 0.335 e. The molecule has 2 rings (SSSR count). The van der Waals surface area contributed by atoms with E-state index in [4.69, 9.17) is 14.6 Å². The monoisotopic (exact) mass is 313 g/mol. The molecule has 0 aliphatic rings. The number of carboxylic acid groups (broad SMARTS) is 1. The molecule has 23 heavy (non-hydrogen) atoms. The summed E-state index contributed by atoms with van der Waals surface area (Å²) in [6, 6.07) is 8.59. The van der Waals surface area contributed by atoms with Crippen LogP contribution in [0.2, 0.25) is 0 Å². The summed E-state index contributed by atoms with van der Waals surface area (Å²) >= 11 is 0. The van der Waals surface area contributed by atoms with E-state index >= 15 is 0 Å². The molecule has 0 bridgehead atoms. The summed E-state index contributed by atoms with van der Waals surface area (Å²) in [7, 11) is 3.17. The van der Waals surface area contributed by atoms with Crippen molar-refractivity contribution in [1.29, 1.82) is 0 Å². The molecule has 0 aliphatic carbocycles. The van der Waals surface area contributed by atoms with Crippen molar-refractivity contribution < 1.29 is 19.4 Å². The van der Waals surface area contributed by atoms with Crippen LogP contribution in [0.5, 0.6) is 11.5 Å². The number of aryl methyl sites for hydroxylation is 2. The van der Waals surface area contributed by atoms with E-state index in [-0.39, 0.29) is 5.56 Å². The predicted octanol–water partition coefficient (Wildman–Crippen LogP) is 3.77. The lowest BCUT2D eigenvalue weighted by atomic mass is 10.1. The fraction of sp³-hybridized carbons (Fsp3) is 0.222. The molecule has 0 radical (unpaired) electrons. The molecule has 0 unspecified atom stereocenters. The van der Waals surface area contributed by atoms with Crippen molar-refractivity contribution in [2.45, 2.75) is 13.8 Å². The maximum absolute atomic E-state index is 11.1. The highest BCUT2D eigenvalue weighted by Gasteiger charge is 2.08. The van der Waals surface area contributed by atoms with E-state index in [0.29, 0.717) is 17.2 Å². The minimum atomic E-state index is -0.969. The van der Waals surface area contributed by atoms with Crippen LogP contribution in [0.1, 0.15) is 27.0 Å². The molecular weight excluding hydrogens is 294 g/mol. The summed E-state index contributed by atoms with van der Waals surface area (Å²) in [4.78, 5) is 15.5. The summed E-state index contributed by atoms with van der Waals surface area (Å²) in [6.07, 6.45) is 1.70. The van der Waals surface area contributed by atoms with Gasteiger partial charge in [-0.2, -0.15) is 0 Å². The minimum Gasteiger partial charge on any atom is -0.493 e. The van der Waals surface area contributed by atoms with Crippen molar-refractivity contribution in [2.75, 3.05) is 14.2 Å². The molecular formula is C18H19NO4. The quantitative estimate of drug-likeness (QED) is 0.853. The normalized spacial score (nSPS) is 10.8. The topological polar surface area (TPSA) is 68.1 Å². The molecule has 5 heteroatoms. The summed E-state index contributed by atoms with van der Waals surface area (Å²) in [5.41, 5.74) is 3.61. The Balaban J connectivity index is 2.41. The number of rotatable bonds is 5. The number of nitrogens with zero attached hydrogens (tertiary/aromatic N) is 1. The second kappa shape index (κ2) is 6.96. The van der Waals surface area contributed by atoms with Gasteiger partial charge in [0, 0.05) is 6.21 Å². The Bertz CT molecular complexity index is 766. The van der Waals surface area contributed by atoms with Gasteiger partial charge in [0.05, 0.1) is 25.5 Å². The van der Waals surface area contributed by atoms with Gasteiger partial charge in [0.15, 0.2) is 11.5 Å². The summed E-state index contributed by atoms with van der Waals surface area (Å²) in [5.74, 6) is 0.311. The molecule has 0 aromatic heterocycles. The molecule has 2 aromatic rings. The van der Waals surface area contributed by atoms with Gasteiger partial charge >= 0.3 is 5.97 Å². The first-order chi connectivity index (χ1) is 11.0. The van der Waals surface area contributed by atoms with Crippen molar-refractivity contribution >= 4 is 17.9 Å². The summed E-state index contributed by atoms with van der Waals surface area (Å²) < 4.78 is 10.6. The molecule has 0 heterocycles. The van der Waals surface area contributed by atoms with Crippen molar-refractivity contribution in [1.82, 2.24) is 0 Å². The lowest BCUT2D eigenvalue weighted by Gasteiger charge is -2.10. The van der Waals surface area contributed by atoms with Crippen LogP contribution >= 0.6 is 0 Å². The molecule has 0 aliphatic heterocycles. The Kier molecular flexibility index (Phi) is 5.01. The third-order valence-electron chi connectivity index (χ3n) is 3.57. The molecule has 0 saturated heterocycles. The number of ether oxygens (including phenoxy) is 2. The third-order valence-corrected chi connectivity index (χ3v) is 3.57. The Labute approximate surface area is 135 Å². The summed E-state index contributed by atoms with van der Waals surface area (Å²) in [6.45, 7) is 3.84. The standard InChI is InChI=1S/C18H19NO4/c1-11-5-6-13(18(20)21)8-15(11)19-10-14-9-17(23-4)16(22-3)7-12(14)2/h5-10H,1-4H3,(H,20,21). The first-order valence-electron chi connectivity index (χ1n) is 7.07. The van der Waals surface area contributed by atoms with Gasteiger partial charge in [-0.15, -0.1) is 0 Å². The molecule has 1 N–H and O–H groups in total. The fourth-order valence-electron chi connectivity index (χ4n) is 2.16. The Morgan fingerprint density at radius 3 is 2.30 bits per heavy atom. The number of aromatic carboxylic acids is 1. The molecule has 0 amide bonds. The number of hydrogen-bond donors (Lipinski definition) is 1. The zero-order valence-electron chi connectivity index (χ0n) is 13.6. The highest BCUT2D eigenvalue weighted by Crippen LogP contribution is 2.30.